The monoisotopic (exact) mass is 291 g/mol. The maximum atomic E-state index is 6.32. The fourth-order valence-corrected chi connectivity index (χ4v) is 3.90. The molecular formula is C20H21NO. The normalized spacial score (nSPS) is 25.5. The number of para-hydroxylation sites is 1. The van der Waals surface area contributed by atoms with Gasteiger partial charge in [-0.05, 0) is 23.3 Å². The first-order valence-electron chi connectivity index (χ1n) is 7.90. The van der Waals surface area contributed by atoms with Gasteiger partial charge in [-0.1, -0.05) is 68.5 Å². The van der Waals surface area contributed by atoms with E-state index in [1.54, 1.807) is 0 Å². The molecule has 2 aliphatic rings. The average molecular weight is 291 g/mol. The first kappa shape index (κ1) is 13.6. The number of ether oxygens (including phenoxy) is 1. The first-order chi connectivity index (χ1) is 10.7. The van der Waals surface area contributed by atoms with E-state index >= 15 is 0 Å². The number of fused-ring (bicyclic) bond motifs is 3. The van der Waals surface area contributed by atoms with Crippen LogP contribution in [-0.4, -0.2) is 18.9 Å². The molecule has 0 aliphatic carbocycles. The van der Waals surface area contributed by atoms with Crippen molar-refractivity contribution in [2.75, 3.05) is 18.1 Å². The van der Waals surface area contributed by atoms with E-state index in [2.05, 4.69) is 79.4 Å². The van der Waals surface area contributed by atoms with Crippen LogP contribution in [0.2, 0.25) is 0 Å². The van der Waals surface area contributed by atoms with Crippen LogP contribution in [0.4, 0.5) is 5.69 Å². The van der Waals surface area contributed by atoms with Gasteiger partial charge in [-0.15, -0.1) is 0 Å². The fourth-order valence-electron chi connectivity index (χ4n) is 3.90. The Morgan fingerprint density at radius 1 is 1.00 bits per heavy atom. The molecule has 1 saturated heterocycles. The summed E-state index contributed by atoms with van der Waals surface area (Å²) in [5.74, 6) is 0. The van der Waals surface area contributed by atoms with E-state index in [0.717, 1.165) is 13.2 Å². The lowest BCUT2D eigenvalue weighted by Crippen LogP contribution is -2.51. The van der Waals surface area contributed by atoms with Gasteiger partial charge in [0.05, 0.1) is 6.61 Å². The molecule has 22 heavy (non-hydrogen) atoms. The smallest absolute Gasteiger partial charge is 0.170 e. The summed E-state index contributed by atoms with van der Waals surface area (Å²) in [6, 6.07) is 19.1. The van der Waals surface area contributed by atoms with Gasteiger partial charge in [0.25, 0.3) is 0 Å². The van der Waals surface area contributed by atoms with Crippen LogP contribution in [0, 0.1) is 0 Å². The summed E-state index contributed by atoms with van der Waals surface area (Å²) in [6.45, 7) is 6.29. The second-order valence-electron chi connectivity index (χ2n) is 6.58. The highest BCUT2D eigenvalue weighted by atomic mass is 16.5. The van der Waals surface area contributed by atoms with Gasteiger partial charge in [0.2, 0.25) is 0 Å². The SMILES string of the molecule is CC1(C)c2ccccc2N2CCOC21C=Cc1ccccc1. The molecular weight excluding hydrogens is 270 g/mol. The molecule has 4 rings (SSSR count). The molecule has 2 heterocycles. The van der Waals surface area contributed by atoms with E-state index in [-0.39, 0.29) is 11.1 Å². The molecule has 1 unspecified atom stereocenters. The molecule has 0 saturated carbocycles. The lowest BCUT2D eigenvalue weighted by molar-refractivity contribution is 0.000337. The molecule has 2 heteroatoms. The maximum Gasteiger partial charge on any atom is 0.170 e. The summed E-state index contributed by atoms with van der Waals surface area (Å²) < 4.78 is 6.32. The zero-order chi connectivity index (χ0) is 15.2. The lowest BCUT2D eigenvalue weighted by atomic mass is 9.77. The van der Waals surface area contributed by atoms with Crippen LogP contribution < -0.4 is 4.90 Å². The van der Waals surface area contributed by atoms with Crippen molar-refractivity contribution in [3.8, 4) is 0 Å². The van der Waals surface area contributed by atoms with Gasteiger partial charge in [0.15, 0.2) is 5.72 Å². The molecule has 0 aromatic heterocycles. The number of anilines is 1. The quantitative estimate of drug-likeness (QED) is 0.821. The van der Waals surface area contributed by atoms with Crippen molar-refractivity contribution in [3.63, 3.8) is 0 Å². The summed E-state index contributed by atoms with van der Waals surface area (Å²) in [4.78, 5) is 2.42. The summed E-state index contributed by atoms with van der Waals surface area (Å²) >= 11 is 0. The van der Waals surface area contributed by atoms with E-state index in [1.165, 1.54) is 16.8 Å². The van der Waals surface area contributed by atoms with E-state index < -0.39 is 0 Å². The van der Waals surface area contributed by atoms with E-state index in [4.69, 9.17) is 4.74 Å². The third kappa shape index (κ3) is 1.71. The number of hydrogen-bond donors (Lipinski definition) is 0. The highest BCUT2D eigenvalue weighted by molar-refractivity contribution is 5.69. The Hall–Kier alpha value is -2.06. The number of benzene rings is 2. The highest BCUT2D eigenvalue weighted by Crippen LogP contribution is 2.54. The minimum Gasteiger partial charge on any atom is -0.349 e. The Bertz CT molecular complexity index is 719. The molecule has 1 atom stereocenters. The highest BCUT2D eigenvalue weighted by Gasteiger charge is 2.58. The Kier molecular flexibility index (Phi) is 2.92. The van der Waals surface area contributed by atoms with Crippen molar-refractivity contribution in [1.29, 1.82) is 0 Å². The summed E-state index contributed by atoms with van der Waals surface area (Å²) in [6.07, 6.45) is 4.43. The van der Waals surface area contributed by atoms with Crippen molar-refractivity contribution in [3.05, 3.63) is 71.8 Å². The van der Waals surface area contributed by atoms with Gasteiger partial charge in [0.1, 0.15) is 0 Å². The molecule has 2 aliphatic heterocycles. The molecule has 2 nitrogen and oxygen atoms in total. The van der Waals surface area contributed by atoms with E-state index in [9.17, 15) is 0 Å². The molecule has 2 aromatic rings. The number of rotatable bonds is 2. The largest absolute Gasteiger partial charge is 0.349 e. The van der Waals surface area contributed by atoms with Crippen LogP contribution in [-0.2, 0) is 10.2 Å². The van der Waals surface area contributed by atoms with E-state index in [1.807, 2.05) is 6.07 Å². The lowest BCUT2D eigenvalue weighted by Gasteiger charge is -2.39. The van der Waals surface area contributed by atoms with Crippen LogP contribution in [0.3, 0.4) is 0 Å². The predicted octanol–water partition coefficient (Wildman–Crippen LogP) is 4.22. The molecule has 0 spiro atoms. The van der Waals surface area contributed by atoms with Gasteiger partial charge >= 0.3 is 0 Å². The second-order valence-corrected chi connectivity index (χ2v) is 6.58. The van der Waals surface area contributed by atoms with Crippen molar-refractivity contribution < 1.29 is 4.74 Å². The zero-order valence-corrected chi connectivity index (χ0v) is 13.1. The summed E-state index contributed by atoms with van der Waals surface area (Å²) in [7, 11) is 0. The van der Waals surface area contributed by atoms with Crippen LogP contribution >= 0.6 is 0 Å². The van der Waals surface area contributed by atoms with Crippen molar-refractivity contribution in [2.24, 2.45) is 0 Å². The Balaban J connectivity index is 1.82. The number of nitrogens with zero attached hydrogens (tertiary/aromatic N) is 1. The zero-order valence-electron chi connectivity index (χ0n) is 13.1. The van der Waals surface area contributed by atoms with Gasteiger partial charge < -0.3 is 9.64 Å². The average Bonchev–Trinajstić information content (AvgIpc) is 3.05. The van der Waals surface area contributed by atoms with E-state index in [0.29, 0.717) is 0 Å². The van der Waals surface area contributed by atoms with Gasteiger partial charge in [0, 0.05) is 17.6 Å². The van der Waals surface area contributed by atoms with Gasteiger partial charge in [-0.3, -0.25) is 0 Å². The first-order valence-corrected chi connectivity index (χ1v) is 7.90. The van der Waals surface area contributed by atoms with Crippen LogP contribution in [0.1, 0.15) is 25.0 Å². The van der Waals surface area contributed by atoms with Crippen molar-refractivity contribution in [2.45, 2.75) is 25.0 Å². The van der Waals surface area contributed by atoms with Crippen molar-refractivity contribution in [1.82, 2.24) is 0 Å². The van der Waals surface area contributed by atoms with Crippen LogP contribution in [0.15, 0.2) is 60.7 Å². The minimum absolute atomic E-state index is 0.0780. The summed E-state index contributed by atoms with van der Waals surface area (Å²) in [5, 5.41) is 0. The predicted molar refractivity (Wildman–Crippen MR) is 91.0 cm³/mol. The van der Waals surface area contributed by atoms with Gasteiger partial charge in [-0.2, -0.15) is 0 Å². The Morgan fingerprint density at radius 2 is 1.73 bits per heavy atom. The van der Waals surface area contributed by atoms with Crippen LogP contribution in [0.5, 0.6) is 0 Å². The molecule has 0 radical (unpaired) electrons. The molecule has 1 fully saturated rings. The standard InChI is InChI=1S/C20H21NO/c1-19(2)17-10-6-7-11-18(17)21-14-15-22-20(19,21)13-12-16-8-4-3-5-9-16/h3-13H,14-15H2,1-2H3. The molecule has 0 N–H and O–H groups in total. The Morgan fingerprint density at radius 3 is 2.55 bits per heavy atom. The fraction of sp³-hybridized carbons (Fsp3) is 0.300. The van der Waals surface area contributed by atoms with Crippen molar-refractivity contribution >= 4 is 11.8 Å². The molecule has 112 valence electrons. The maximum absolute atomic E-state index is 6.32. The minimum atomic E-state index is -0.382. The summed E-state index contributed by atoms with van der Waals surface area (Å²) in [5.41, 5.74) is 3.42. The molecule has 2 aromatic carbocycles. The second kappa shape index (κ2) is 4.72. The number of hydrogen-bond acceptors (Lipinski definition) is 2. The Labute approximate surface area is 132 Å². The third-order valence-electron chi connectivity index (χ3n) is 5.10. The van der Waals surface area contributed by atoms with Gasteiger partial charge in [-0.25, -0.2) is 0 Å². The van der Waals surface area contributed by atoms with Crippen LogP contribution in [0.25, 0.3) is 6.08 Å². The third-order valence-corrected chi connectivity index (χ3v) is 5.10. The topological polar surface area (TPSA) is 12.5 Å². The molecule has 0 bridgehead atoms. The molecule has 0 amide bonds.